The molecular weight excluding hydrogens is 470 g/mol. The highest BCUT2D eigenvalue weighted by Gasteiger charge is 2.14. The number of hydrogen-bond donors (Lipinski definition) is 0. The third-order valence-corrected chi connectivity index (χ3v) is 5.62. The molecule has 1 aromatic heterocycles. The van der Waals surface area contributed by atoms with Gasteiger partial charge in [0.1, 0.15) is 17.5 Å². The van der Waals surface area contributed by atoms with Crippen molar-refractivity contribution in [3.8, 4) is 11.8 Å². The van der Waals surface area contributed by atoms with E-state index >= 15 is 0 Å². The second-order valence-electron chi connectivity index (χ2n) is 8.83. The van der Waals surface area contributed by atoms with Gasteiger partial charge >= 0.3 is 0 Å². The molecule has 194 valence electrons. The standard InChI is InChI=1S/C30H33FN4O.FH/c1-6-19-35-20-23(3)32-29(35)10-8-7-9-28(36)21-34(5)30(26-15-17-27(31)18-16-26)33-24(4)25-13-11-22(2)12-14-25;/h11-18,20H,4,6,8,10,19,21H2,1-3,5H3;1H. The number of Topliss-reactive ketones (excluding diaryl/α,β-unsaturated/α-hetero) is 1. The van der Waals surface area contributed by atoms with Gasteiger partial charge in [-0.1, -0.05) is 49.3 Å². The Labute approximate surface area is 218 Å². The Morgan fingerprint density at radius 1 is 1.11 bits per heavy atom. The van der Waals surface area contributed by atoms with Crippen LogP contribution < -0.4 is 0 Å². The summed E-state index contributed by atoms with van der Waals surface area (Å²) < 4.78 is 15.7. The molecule has 5 nitrogen and oxygen atoms in total. The minimum absolute atomic E-state index is 0. The van der Waals surface area contributed by atoms with Crippen LogP contribution in [0, 0.1) is 31.5 Å². The smallest absolute Gasteiger partial charge is 0.224 e. The van der Waals surface area contributed by atoms with E-state index in [0.717, 1.165) is 35.6 Å². The van der Waals surface area contributed by atoms with Gasteiger partial charge in [0, 0.05) is 38.2 Å². The number of aromatic nitrogens is 2. The average molecular weight is 505 g/mol. The van der Waals surface area contributed by atoms with E-state index in [-0.39, 0.29) is 22.8 Å². The van der Waals surface area contributed by atoms with Crippen molar-refractivity contribution >= 4 is 17.3 Å². The fourth-order valence-corrected chi connectivity index (χ4v) is 3.80. The van der Waals surface area contributed by atoms with Crippen LogP contribution in [0.15, 0.2) is 66.3 Å². The Morgan fingerprint density at radius 3 is 2.41 bits per heavy atom. The highest BCUT2D eigenvalue weighted by Crippen LogP contribution is 2.18. The minimum Gasteiger partial charge on any atom is -0.351 e. The van der Waals surface area contributed by atoms with Gasteiger partial charge in [0.05, 0.1) is 17.9 Å². The largest absolute Gasteiger partial charge is 0.351 e. The monoisotopic (exact) mass is 504 g/mol. The Balaban J connectivity index is 0.00000481. The number of aryl methyl sites for hydroxylation is 4. The second kappa shape index (κ2) is 13.9. The minimum atomic E-state index is -0.338. The molecule has 3 aromatic rings. The maximum atomic E-state index is 13.5. The summed E-state index contributed by atoms with van der Waals surface area (Å²) in [4.78, 5) is 23.6. The maximum Gasteiger partial charge on any atom is 0.224 e. The molecule has 0 aliphatic rings. The van der Waals surface area contributed by atoms with Crippen molar-refractivity contribution in [2.45, 2.75) is 46.6 Å². The summed E-state index contributed by atoms with van der Waals surface area (Å²) in [6.45, 7) is 11.2. The molecule has 0 saturated heterocycles. The number of halogens is 2. The van der Waals surface area contributed by atoms with Crippen LogP contribution >= 0.6 is 0 Å². The summed E-state index contributed by atoms with van der Waals surface area (Å²) in [7, 11) is 1.77. The highest BCUT2D eigenvalue weighted by atomic mass is 19.1. The van der Waals surface area contributed by atoms with Gasteiger partial charge in [0.25, 0.3) is 0 Å². The number of likely N-dealkylation sites (N-methyl/N-ethyl adjacent to an activating group) is 1. The van der Waals surface area contributed by atoms with Gasteiger partial charge in [0.15, 0.2) is 0 Å². The van der Waals surface area contributed by atoms with Crippen LogP contribution in [0.5, 0.6) is 0 Å². The lowest BCUT2D eigenvalue weighted by atomic mass is 10.1. The van der Waals surface area contributed by atoms with Crippen molar-refractivity contribution in [3.63, 3.8) is 0 Å². The molecule has 0 N–H and O–H groups in total. The first-order valence-electron chi connectivity index (χ1n) is 12.1. The van der Waals surface area contributed by atoms with E-state index in [2.05, 4.69) is 34.9 Å². The zero-order valence-electron chi connectivity index (χ0n) is 21.9. The first-order chi connectivity index (χ1) is 17.3. The van der Waals surface area contributed by atoms with E-state index in [4.69, 9.17) is 4.99 Å². The highest BCUT2D eigenvalue weighted by molar-refractivity contribution is 6.05. The molecule has 7 heteroatoms. The number of amidine groups is 1. The van der Waals surface area contributed by atoms with Crippen molar-refractivity contribution in [2.24, 2.45) is 4.99 Å². The van der Waals surface area contributed by atoms with Gasteiger partial charge in [-0.25, -0.2) is 14.4 Å². The number of rotatable bonds is 9. The average Bonchev–Trinajstić information content (AvgIpc) is 3.20. The molecule has 0 atom stereocenters. The fraction of sp³-hybridized carbons (Fsp3) is 0.300. The molecule has 0 fully saturated rings. The van der Waals surface area contributed by atoms with E-state index < -0.39 is 0 Å². The summed E-state index contributed by atoms with van der Waals surface area (Å²) in [5, 5.41) is 0. The first kappa shape index (κ1) is 29.2. The predicted octanol–water partition coefficient (Wildman–Crippen LogP) is 5.76. The molecule has 0 saturated carbocycles. The van der Waals surface area contributed by atoms with Crippen LogP contribution in [0.1, 0.15) is 48.0 Å². The van der Waals surface area contributed by atoms with Gasteiger partial charge in [-0.15, -0.1) is 0 Å². The summed E-state index contributed by atoms with van der Waals surface area (Å²) in [5.41, 5.74) is 4.24. The number of nitrogens with zero attached hydrogens (tertiary/aromatic N) is 4. The van der Waals surface area contributed by atoms with E-state index in [1.165, 1.54) is 12.1 Å². The molecular formula is C30H34F2N4O. The zero-order chi connectivity index (χ0) is 26.1. The van der Waals surface area contributed by atoms with Gasteiger partial charge in [-0.3, -0.25) is 9.50 Å². The van der Waals surface area contributed by atoms with Crippen LogP contribution in [0.25, 0.3) is 5.70 Å². The lowest BCUT2D eigenvalue weighted by molar-refractivity contribution is -0.114. The number of imidazole rings is 1. The predicted molar refractivity (Wildman–Crippen MR) is 147 cm³/mol. The molecule has 0 aliphatic heterocycles. The van der Waals surface area contributed by atoms with Crippen molar-refractivity contribution in [1.82, 2.24) is 14.5 Å². The third kappa shape index (κ3) is 8.53. The summed E-state index contributed by atoms with van der Waals surface area (Å²) in [5.74, 6) is 6.69. The molecule has 0 radical (unpaired) electrons. The van der Waals surface area contributed by atoms with Crippen LogP contribution in [-0.4, -0.2) is 39.7 Å². The molecule has 0 unspecified atom stereocenters. The van der Waals surface area contributed by atoms with Crippen molar-refractivity contribution in [1.29, 1.82) is 0 Å². The molecule has 0 bridgehead atoms. The number of carbonyl (C=O) groups excluding carboxylic acids is 1. The van der Waals surface area contributed by atoms with Gasteiger partial charge in [-0.2, -0.15) is 0 Å². The Kier molecular flexibility index (Phi) is 11.0. The molecule has 37 heavy (non-hydrogen) atoms. The Bertz CT molecular complexity index is 1300. The maximum absolute atomic E-state index is 13.5. The SMILES string of the molecule is C=C(N=C(c1ccc(F)cc1)N(C)CC(=O)C#CCCc1nc(C)cn1CCC)c1ccc(C)cc1.F. The number of hydrogen-bond acceptors (Lipinski definition) is 3. The lowest BCUT2D eigenvalue weighted by Crippen LogP contribution is -2.32. The topological polar surface area (TPSA) is 50.5 Å². The first-order valence-corrected chi connectivity index (χ1v) is 12.1. The number of carbonyl (C=O) groups is 1. The number of aliphatic imine (C=N–C) groups is 1. The van der Waals surface area contributed by atoms with Crippen molar-refractivity contribution in [3.05, 3.63) is 95.3 Å². The molecule has 0 amide bonds. The summed E-state index contributed by atoms with van der Waals surface area (Å²) in [6.07, 6.45) is 4.34. The summed E-state index contributed by atoms with van der Waals surface area (Å²) in [6, 6.07) is 13.9. The Hall–Kier alpha value is -4.05. The van der Waals surface area contributed by atoms with Crippen molar-refractivity contribution < 1.29 is 13.9 Å². The van der Waals surface area contributed by atoms with Gasteiger partial charge < -0.3 is 9.47 Å². The summed E-state index contributed by atoms with van der Waals surface area (Å²) >= 11 is 0. The van der Waals surface area contributed by atoms with E-state index in [1.807, 2.05) is 44.3 Å². The zero-order valence-corrected chi connectivity index (χ0v) is 21.9. The fourth-order valence-electron chi connectivity index (χ4n) is 3.80. The van der Waals surface area contributed by atoms with Gasteiger partial charge in [0.2, 0.25) is 5.78 Å². The molecule has 0 spiro atoms. The molecule has 2 aromatic carbocycles. The molecule has 0 aliphatic carbocycles. The lowest BCUT2D eigenvalue weighted by Gasteiger charge is -2.20. The van der Waals surface area contributed by atoms with Crippen LogP contribution in [0.2, 0.25) is 0 Å². The number of benzene rings is 2. The molecule has 1 heterocycles. The van der Waals surface area contributed by atoms with E-state index in [1.54, 1.807) is 24.1 Å². The quantitative estimate of drug-likeness (QED) is 0.161. The van der Waals surface area contributed by atoms with Crippen LogP contribution in [0.3, 0.4) is 0 Å². The van der Waals surface area contributed by atoms with Crippen molar-refractivity contribution in [2.75, 3.05) is 13.6 Å². The molecule has 3 rings (SSSR count). The third-order valence-electron chi connectivity index (χ3n) is 5.62. The Morgan fingerprint density at radius 2 is 1.76 bits per heavy atom. The number of ketones is 1. The van der Waals surface area contributed by atoms with E-state index in [9.17, 15) is 9.18 Å². The van der Waals surface area contributed by atoms with Crippen LogP contribution in [-0.2, 0) is 17.8 Å². The van der Waals surface area contributed by atoms with Crippen LogP contribution in [0.4, 0.5) is 9.09 Å². The normalized spacial score (nSPS) is 10.8. The van der Waals surface area contributed by atoms with Gasteiger partial charge in [-0.05, 0) is 56.0 Å². The van der Waals surface area contributed by atoms with E-state index in [0.29, 0.717) is 29.9 Å². The second-order valence-corrected chi connectivity index (χ2v) is 8.83.